The van der Waals surface area contributed by atoms with Crippen LogP contribution in [0.15, 0.2) is 30.3 Å². The highest BCUT2D eigenvalue weighted by Crippen LogP contribution is 2.20. The zero-order chi connectivity index (χ0) is 9.97. The van der Waals surface area contributed by atoms with E-state index in [2.05, 4.69) is 4.74 Å². The molecule has 14 heavy (non-hydrogen) atoms. The zero-order valence-electron chi connectivity index (χ0n) is 7.60. The molecule has 1 aliphatic rings. The molecular formula is C11H10O3. The Labute approximate surface area is 81.7 Å². The van der Waals surface area contributed by atoms with E-state index >= 15 is 0 Å². The molecule has 0 radical (unpaired) electrons. The number of hydrogen-bond donors (Lipinski definition) is 0. The number of hydrogen-bond acceptors (Lipinski definition) is 3. The highest BCUT2D eigenvalue weighted by molar-refractivity contribution is 5.94. The van der Waals surface area contributed by atoms with Crippen molar-refractivity contribution in [3.63, 3.8) is 0 Å². The molecule has 0 aromatic heterocycles. The van der Waals surface area contributed by atoms with Gasteiger partial charge in [0.1, 0.15) is 0 Å². The summed E-state index contributed by atoms with van der Waals surface area (Å²) in [6.45, 7) is 0. The first kappa shape index (κ1) is 8.94. The fourth-order valence-electron chi connectivity index (χ4n) is 1.58. The Morgan fingerprint density at radius 1 is 1.21 bits per heavy atom. The molecule has 0 spiro atoms. The van der Waals surface area contributed by atoms with Crippen LogP contribution in [0, 0.1) is 5.92 Å². The maximum absolute atomic E-state index is 11.1. The number of carbonyl (C=O) groups is 2. The molecule has 0 aliphatic carbocycles. The van der Waals surface area contributed by atoms with E-state index in [1.165, 1.54) is 0 Å². The Kier molecular flexibility index (Phi) is 2.31. The van der Waals surface area contributed by atoms with Crippen molar-refractivity contribution < 1.29 is 14.3 Å². The van der Waals surface area contributed by atoms with Crippen LogP contribution in [0.5, 0.6) is 0 Å². The van der Waals surface area contributed by atoms with Crippen molar-refractivity contribution >= 4 is 11.9 Å². The minimum atomic E-state index is -0.407. The van der Waals surface area contributed by atoms with Crippen molar-refractivity contribution in [2.75, 3.05) is 0 Å². The minimum absolute atomic E-state index is 0.216. The van der Waals surface area contributed by atoms with E-state index in [0.29, 0.717) is 6.42 Å². The molecular weight excluding hydrogens is 180 g/mol. The molecule has 0 amide bonds. The van der Waals surface area contributed by atoms with E-state index in [1.54, 1.807) is 0 Å². The van der Waals surface area contributed by atoms with Gasteiger partial charge in [0.05, 0.1) is 12.3 Å². The van der Waals surface area contributed by atoms with Crippen LogP contribution in [-0.4, -0.2) is 11.9 Å². The van der Waals surface area contributed by atoms with Gasteiger partial charge in [-0.05, 0) is 12.0 Å². The second-order valence-electron chi connectivity index (χ2n) is 3.38. The van der Waals surface area contributed by atoms with Gasteiger partial charge in [0, 0.05) is 0 Å². The first-order valence-electron chi connectivity index (χ1n) is 4.54. The summed E-state index contributed by atoms with van der Waals surface area (Å²) in [6.07, 6.45) is 0.805. The third-order valence-corrected chi connectivity index (χ3v) is 2.29. The maximum atomic E-state index is 11.1. The number of esters is 2. The Hall–Kier alpha value is -1.64. The van der Waals surface area contributed by atoms with Crippen LogP contribution >= 0.6 is 0 Å². The quantitative estimate of drug-likeness (QED) is 0.521. The smallest absolute Gasteiger partial charge is 0.317 e. The molecule has 3 heteroatoms. The van der Waals surface area contributed by atoms with E-state index in [0.717, 1.165) is 5.56 Å². The Bertz CT molecular complexity index is 356. The average Bonchev–Trinajstić information content (AvgIpc) is 2.47. The van der Waals surface area contributed by atoms with E-state index in [1.807, 2.05) is 30.3 Å². The summed E-state index contributed by atoms with van der Waals surface area (Å²) in [6, 6.07) is 9.63. The molecule has 0 bridgehead atoms. The van der Waals surface area contributed by atoms with E-state index in [9.17, 15) is 9.59 Å². The Balaban J connectivity index is 2.05. The maximum Gasteiger partial charge on any atom is 0.317 e. The molecule has 3 nitrogen and oxygen atoms in total. The molecule has 1 heterocycles. The summed E-state index contributed by atoms with van der Waals surface area (Å²) in [7, 11) is 0. The van der Waals surface area contributed by atoms with E-state index in [4.69, 9.17) is 0 Å². The lowest BCUT2D eigenvalue weighted by molar-refractivity contribution is -0.153. The highest BCUT2D eigenvalue weighted by atomic mass is 16.6. The third kappa shape index (κ3) is 1.82. The Morgan fingerprint density at radius 2 is 1.93 bits per heavy atom. The number of carbonyl (C=O) groups excluding carboxylic acids is 2. The van der Waals surface area contributed by atoms with Crippen molar-refractivity contribution in [1.82, 2.24) is 0 Å². The second kappa shape index (κ2) is 3.62. The molecule has 1 aromatic carbocycles. The van der Waals surface area contributed by atoms with Gasteiger partial charge in [0.2, 0.25) is 0 Å². The van der Waals surface area contributed by atoms with Crippen LogP contribution in [0.3, 0.4) is 0 Å². The largest absolute Gasteiger partial charge is 0.393 e. The zero-order valence-corrected chi connectivity index (χ0v) is 7.60. The first-order valence-corrected chi connectivity index (χ1v) is 4.54. The van der Waals surface area contributed by atoms with Crippen molar-refractivity contribution in [3.8, 4) is 0 Å². The van der Waals surface area contributed by atoms with Gasteiger partial charge in [-0.2, -0.15) is 0 Å². The van der Waals surface area contributed by atoms with Gasteiger partial charge in [-0.25, -0.2) is 0 Å². The van der Waals surface area contributed by atoms with E-state index < -0.39 is 5.97 Å². The Morgan fingerprint density at radius 3 is 2.50 bits per heavy atom. The average molecular weight is 190 g/mol. The molecule has 2 rings (SSSR count). The van der Waals surface area contributed by atoms with Gasteiger partial charge in [0.15, 0.2) is 0 Å². The molecule has 0 saturated carbocycles. The fraction of sp³-hybridized carbons (Fsp3) is 0.273. The van der Waals surface area contributed by atoms with Crippen LogP contribution in [0.1, 0.15) is 12.0 Å². The van der Waals surface area contributed by atoms with Gasteiger partial charge in [-0.15, -0.1) is 0 Å². The number of benzene rings is 1. The summed E-state index contributed by atoms with van der Waals surface area (Å²) in [4.78, 5) is 22.0. The molecule has 1 saturated heterocycles. The third-order valence-electron chi connectivity index (χ3n) is 2.29. The van der Waals surface area contributed by atoms with Gasteiger partial charge in [-0.3, -0.25) is 9.59 Å². The van der Waals surface area contributed by atoms with Crippen molar-refractivity contribution in [2.45, 2.75) is 12.8 Å². The van der Waals surface area contributed by atoms with Crippen molar-refractivity contribution in [1.29, 1.82) is 0 Å². The van der Waals surface area contributed by atoms with Crippen LogP contribution in [-0.2, 0) is 20.7 Å². The van der Waals surface area contributed by atoms with Gasteiger partial charge in [0.25, 0.3) is 0 Å². The first-order chi connectivity index (χ1) is 6.75. The van der Waals surface area contributed by atoms with Crippen LogP contribution < -0.4 is 0 Å². The van der Waals surface area contributed by atoms with Crippen LogP contribution in [0.4, 0.5) is 0 Å². The lowest BCUT2D eigenvalue weighted by Crippen LogP contribution is -2.10. The van der Waals surface area contributed by atoms with E-state index in [-0.39, 0.29) is 18.3 Å². The summed E-state index contributed by atoms with van der Waals surface area (Å²) >= 11 is 0. The number of ether oxygens (including phenoxy) is 1. The molecule has 0 N–H and O–H groups in total. The van der Waals surface area contributed by atoms with Gasteiger partial charge in [-0.1, -0.05) is 30.3 Å². The molecule has 1 unspecified atom stereocenters. The molecule has 1 fully saturated rings. The fourth-order valence-corrected chi connectivity index (χ4v) is 1.58. The van der Waals surface area contributed by atoms with Crippen LogP contribution in [0.25, 0.3) is 0 Å². The minimum Gasteiger partial charge on any atom is -0.393 e. The predicted molar refractivity (Wildman–Crippen MR) is 49.4 cm³/mol. The topological polar surface area (TPSA) is 43.4 Å². The normalized spacial score (nSPS) is 21.0. The molecule has 1 aromatic rings. The van der Waals surface area contributed by atoms with Crippen LogP contribution in [0.2, 0.25) is 0 Å². The van der Waals surface area contributed by atoms with Crippen molar-refractivity contribution in [2.24, 2.45) is 5.92 Å². The predicted octanol–water partition coefficient (Wildman–Crippen LogP) is 1.32. The van der Waals surface area contributed by atoms with Gasteiger partial charge >= 0.3 is 11.9 Å². The van der Waals surface area contributed by atoms with Crippen molar-refractivity contribution in [3.05, 3.63) is 35.9 Å². The van der Waals surface area contributed by atoms with Gasteiger partial charge < -0.3 is 4.74 Å². The number of cyclic esters (lactones) is 2. The molecule has 72 valence electrons. The lowest BCUT2D eigenvalue weighted by atomic mass is 9.98. The summed E-state index contributed by atoms with van der Waals surface area (Å²) in [5.41, 5.74) is 1.06. The lowest BCUT2D eigenvalue weighted by Gasteiger charge is -2.03. The summed E-state index contributed by atoms with van der Waals surface area (Å²) in [5, 5.41) is 0. The molecule has 1 aliphatic heterocycles. The SMILES string of the molecule is O=C1CC(Cc2ccccc2)C(=O)O1. The summed E-state index contributed by atoms with van der Waals surface area (Å²) in [5.74, 6) is -1.08. The highest BCUT2D eigenvalue weighted by Gasteiger charge is 2.33. The second-order valence-corrected chi connectivity index (χ2v) is 3.38. The summed E-state index contributed by atoms with van der Waals surface area (Å²) < 4.78 is 4.47. The molecule has 1 atom stereocenters. The monoisotopic (exact) mass is 190 g/mol. The number of rotatable bonds is 2. The standard InChI is InChI=1S/C11H10O3/c12-10-7-9(11(13)14-10)6-8-4-2-1-3-5-8/h1-5,9H,6-7H2.